The predicted molar refractivity (Wildman–Crippen MR) is 68.0 cm³/mol. The van der Waals surface area contributed by atoms with Crippen molar-refractivity contribution in [2.75, 3.05) is 6.61 Å². The Morgan fingerprint density at radius 1 is 1.50 bits per heavy atom. The quantitative estimate of drug-likeness (QED) is 0.459. The van der Waals surface area contributed by atoms with Crippen molar-refractivity contribution < 1.29 is 19.0 Å². The van der Waals surface area contributed by atoms with E-state index in [1.165, 1.54) is 24.3 Å². The van der Waals surface area contributed by atoms with Crippen LogP contribution in [0.5, 0.6) is 5.75 Å². The minimum atomic E-state index is -1.09. The smallest absolute Gasteiger partial charge is 0.328 e. The minimum absolute atomic E-state index is 0.413. The first-order valence-electron chi connectivity index (χ1n) is 5.57. The fourth-order valence-electron chi connectivity index (χ4n) is 1.35. The molecule has 96 valence electrons. The third-order valence-electron chi connectivity index (χ3n) is 2.19. The topological polar surface area (TPSA) is 46.5 Å². The fraction of sp³-hybridized carbons (Fsp3) is 0.214. The van der Waals surface area contributed by atoms with Gasteiger partial charge in [-0.3, -0.25) is 0 Å². The Morgan fingerprint density at radius 3 is 2.94 bits per heavy atom. The average molecular weight is 250 g/mol. The number of hydrogen-bond donors (Lipinski definition) is 1. The van der Waals surface area contributed by atoms with Gasteiger partial charge in [-0.25, -0.2) is 9.18 Å². The summed E-state index contributed by atoms with van der Waals surface area (Å²) in [6.45, 7) is 4.08. The molecule has 0 spiro atoms. The van der Waals surface area contributed by atoms with Crippen LogP contribution < -0.4 is 4.74 Å². The number of carboxylic acids is 1. The van der Waals surface area contributed by atoms with Gasteiger partial charge in [0.1, 0.15) is 11.6 Å². The third kappa shape index (κ3) is 4.82. The molecule has 0 radical (unpaired) electrons. The van der Waals surface area contributed by atoms with Crippen LogP contribution in [0.3, 0.4) is 0 Å². The van der Waals surface area contributed by atoms with Gasteiger partial charge in [0.25, 0.3) is 0 Å². The number of hydrogen-bond acceptors (Lipinski definition) is 2. The van der Waals surface area contributed by atoms with Gasteiger partial charge in [0.2, 0.25) is 0 Å². The van der Waals surface area contributed by atoms with Gasteiger partial charge in [0, 0.05) is 11.6 Å². The second-order valence-electron chi connectivity index (χ2n) is 3.63. The first kappa shape index (κ1) is 14.0. The fourth-order valence-corrected chi connectivity index (χ4v) is 1.35. The average Bonchev–Trinajstić information content (AvgIpc) is 2.34. The molecule has 1 aromatic rings. The van der Waals surface area contributed by atoms with Gasteiger partial charge in [-0.2, -0.15) is 0 Å². The van der Waals surface area contributed by atoms with Gasteiger partial charge in [0.05, 0.1) is 6.61 Å². The zero-order valence-corrected chi connectivity index (χ0v) is 9.93. The summed E-state index contributed by atoms with van der Waals surface area (Å²) in [5.74, 6) is -1.05. The van der Waals surface area contributed by atoms with E-state index < -0.39 is 11.8 Å². The third-order valence-corrected chi connectivity index (χ3v) is 2.19. The second kappa shape index (κ2) is 7.27. The summed E-state index contributed by atoms with van der Waals surface area (Å²) in [5.41, 5.74) is 0.413. The maximum Gasteiger partial charge on any atom is 0.328 e. The van der Waals surface area contributed by atoms with Gasteiger partial charge >= 0.3 is 5.97 Å². The van der Waals surface area contributed by atoms with Gasteiger partial charge < -0.3 is 9.84 Å². The number of unbranched alkanes of at least 4 members (excludes halogenated alkanes) is 1. The summed E-state index contributed by atoms with van der Waals surface area (Å²) in [6.07, 6.45) is 5.70. The number of halogens is 1. The Labute approximate surface area is 105 Å². The zero-order chi connectivity index (χ0) is 13.4. The molecule has 0 heterocycles. The molecule has 0 fully saturated rings. The molecule has 4 heteroatoms. The van der Waals surface area contributed by atoms with E-state index in [-0.39, 0.29) is 0 Å². The molecule has 0 aliphatic rings. The lowest BCUT2D eigenvalue weighted by Crippen LogP contribution is -1.99. The maximum absolute atomic E-state index is 13.1. The minimum Gasteiger partial charge on any atom is -0.493 e. The highest BCUT2D eigenvalue weighted by Crippen LogP contribution is 2.21. The predicted octanol–water partition coefficient (Wildman–Crippen LogP) is 3.27. The van der Waals surface area contributed by atoms with Crippen LogP contribution in [0, 0.1) is 5.82 Å². The van der Waals surface area contributed by atoms with Gasteiger partial charge in [0.15, 0.2) is 0 Å². The van der Waals surface area contributed by atoms with Crippen LogP contribution in [0.15, 0.2) is 36.9 Å². The number of carbonyl (C=O) groups is 1. The summed E-state index contributed by atoms with van der Waals surface area (Å²) < 4.78 is 18.5. The van der Waals surface area contributed by atoms with Crippen molar-refractivity contribution in [1.29, 1.82) is 0 Å². The molecule has 1 rings (SSSR count). The van der Waals surface area contributed by atoms with Crippen LogP contribution in [-0.2, 0) is 4.79 Å². The number of ether oxygens (including phenoxy) is 1. The van der Waals surface area contributed by atoms with Crippen LogP contribution >= 0.6 is 0 Å². The maximum atomic E-state index is 13.1. The van der Waals surface area contributed by atoms with E-state index in [1.807, 2.05) is 0 Å². The Bertz CT molecular complexity index is 452. The number of allylic oxidation sites excluding steroid dienone is 1. The number of carboxylic acid groups (broad SMARTS) is 1. The Balaban J connectivity index is 2.76. The lowest BCUT2D eigenvalue weighted by molar-refractivity contribution is -0.131. The first-order valence-corrected chi connectivity index (χ1v) is 5.57. The highest BCUT2D eigenvalue weighted by atomic mass is 19.1. The van der Waals surface area contributed by atoms with Crippen LogP contribution in [0.25, 0.3) is 6.08 Å². The molecule has 1 N–H and O–H groups in total. The molecular formula is C14H15FO3. The zero-order valence-electron chi connectivity index (χ0n) is 9.93. The highest BCUT2D eigenvalue weighted by Gasteiger charge is 2.03. The molecular weight excluding hydrogens is 235 g/mol. The van der Waals surface area contributed by atoms with Crippen LogP contribution in [0.2, 0.25) is 0 Å². The van der Waals surface area contributed by atoms with Crippen LogP contribution in [0.4, 0.5) is 4.39 Å². The van der Waals surface area contributed by atoms with Crippen molar-refractivity contribution in [1.82, 2.24) is 0 Å². The van der Waals surface area contributed by atoms with Crippen molar-refractivity contribution in [3.8, 4) is 5.75 Å². The molecule has 0 bridgehead atoms. The largest absolute Gasteiger partial charge is 0.493 e. The molecule has 0 atom stereocenters. The Kier molecular flexibility index (Phi) is 5.64. The highest BCUT2D eigenvalue weighted by molar-refractivity contribution is 5.85. The van der Waals surface area contributed by atoms with E-state index in [1.54, 1.807) is 6.08 Å². The molecule has 0 aliphatic heterocycles. The Morgan fingerprint density at radius 2 is 2.28 bits per heavy atom. The normalized spacial score (nSPS) is 10.5. The molecule has 3 nitrogen and oxygen atoms in total. The van der Waals surface area contributed by atoms with E-state index in [4.69, 9.17) is 9.84 Å². The molecule has 0 aromatic heterocycles. The number of rotatable bonds is 7. The summed E-state index contributed by atoms with van der Waals surface area (Å²) in [5, 5.41) is 8.55. The molecule has 1 aromatic carbocycles. The molecule has 0 saturated heterocycles. The van der Waals surface area contributed by atoms with Gasteiger partial charge in [-0.05, 0) is 37.1 Å². The first-order chi connectivity index (χ1) is 8.63. The second-order valence-corrected chi connectivity index (χ2v) is 3.63. The van der Waals surface area contributed by atoms with Crippen LogP contribution in [-0.4, -0.2) is 17.7 Å². The molecule has 18 heavy (non-hydrogen) atoms. The summed E-state index contributed by atoms with van der Waals surface area (Å²) in [4.78, 5) is 10.4. The summed E-state index contributed by atoms with van der Waals surface area (Å²) in [7, 11) is 0. The van der Waals surface area contributed by atoms with Crippen molar-refractivity contribution in [2.45, 2.75) is 12.8 Å². The van der Waals surface area contributed by atoms with Crippen LogP contribution in [0.1, 0.15) is 18.4 Å². The van der Waals surface area contributed by atoms with E-state index in [0.717, 1.165) is 18.9 Å². The van der Waals surface area contributed by atoms with Crippen molar-refractivity contribution >= 4 is 12.0 Å². The molecule has 0 saturated carbocycles. The van der Waals surface area contributed by atoms with Crippen molar-refractivity contribution in [3.05, 3.63) is 48.3 Å². The Hall–Kier alpha value is -2.10. The SMILES string of the molecule is C=CCCCOc1ccc(F)cc1/C=C/C(=O)O. The molecule has 0 amide bonds. The standard InChI is InChI=1S/C14H15FO3/c1-2-3-4-9-18-13-7-6-12(15)10-11(13)5-8-14(16)17/h2,5-8,10H,1,3-4,9H2,(H,16,17)/b8-5+. The molecule has 0 unspecified atom stereocenters. The van der Waals surface area contributed by atoms with Crippen molar-refractivity contribution in [3.63, 3.8) is 0 Å². The van der Waals surface area contributed by atoms with Crippen molar-refractivity contribution in [2.24, 2.45) is 0 Å². The lowest BCUT2D eigenvalue weighted by Gasteiger charge is -2.08. The van der Waals surface area contributed by atoms with E-state index in [2.05, 4.69) is 6.58 Å². The van der Waals surface area contributed by atoms with E-state index >= 15 is 0 Å². The van der Waals surface area contributed by atoms with Gasteiger partial charge in [-0.1, -0.05) is 6.08 Å². The lowest BCUT2D eigenvalue weighted by atomic mass is 10.2. The monoisotopic (exact) mass is 250 g/mol. The van der Waals surface area contributed by atoms with Gasteiger partial charge in [-0.15, -0.1) is 6.58 Å². The number of aliphatic carboxylic acids is 1. The summed E-state index contributed by atoms with van der Waals surface area (Å²) in [6, 6.07) is 4.01. The van der Waals surface area contributed by atoms with E-state index in [0.29, 0.717) is 17.9 Å². The van der Waals surface area contributed by atoms with E-state index in [9.17, 15) is 9.18 Å². The summed E-state index contributed by atoms with van der Waals surface area (Å²) >= 11 is 0. The molecule has 0 aliphatic carbocycles. The number of benzene rings is 1.